The van der Waals surface area contributed by atoms with Gasteiger partial charge in [-0.15, -0.1) is 0 Å². The van der Waals surface area contributed by atoms with Gasteiger partial charge in [-0.1, -0.05) is 18.2 Å². The van der Waals surface area contributed by atoms with Crippen LogP contribution in [0.3, 0.4) is 0 Å². The zero-order chi connectivity index (χ0) is 17.9. The Bertz CT molecular complexity index is 526. The van der Waals surface area contributed by atoms with Gasteiger partial charge in [0.15, 0.2) is 5.96 Å². The number of rotatable bonds is 9. The number of likely N-dealkylation sites (tertiary alicyclic amines) is 1. The molecule has 2 rings (SSSR count). The van der Waals surface area contributed by atoms with Crippen molar-refractivity contribution in [3.8, 4) is 5.75 Å². The van der Waals surface area contributed by atoms with E-state index in [4.69, 9.17) is 4.74 Å². The number of guanidine groups is 1. The molecule has 1 heterocycles. The van der Waals surface area contributed by atoms with Gasteiger partial charge >= 0.3 is 0 Å². The summed E-state index contributed by atoms with van der Waals surface area (Å²) >= 11 is 0. The molecule has 1 aromatic carbocycles. The predicted octanol–water partition coefficient (Wildman–Crippen LogP) is 2.80. The molecule has 0 bridgehead atoms. The Balaban J connectivity index is 1.58. The summed E-state index contributed by atoms with van der Waals surface area (Å²) in [6.07, 6.45) is 5.24. The number of ether oxygens (including phenoxy) is 1. The highest BCUT2D eigenvalue weighted by Crippen LogP contribution is 2.17. The summed E-state index contributed by atoms with van der Waals surface area (Å²) in [6.45, 7) is 9.63. The number of nitrogens with zero attached hydrogens (tertiary/aromatic N) is 2. The van der Waals surface area contributed by atoms with Crippen LogP contribution in [0.1, 0.15) is 38.2 Å². The minimum Gasteiger partial charge on any atom is -0.489 e. The molecular formula is C20H34N4O. The number of para-hydroxylation sites is 1. The largest absolute Gasteiger partial charge is 0.489 e. The molecular weight excluding hydrogens is 312 g/mol. The molecule has 0 radical (unpaired) electrons. The van der Waals surface area contributed by atoms with Crippen molar-refractivity contribution in [1.82, 2.24) is 15.5 Å². The second-order valence-corrected chi connectivity index (χ2v) is 6.83. The van der Waals surface area contributed by atoms with Gasteiger partial charge in [-0.2, -0.15) is 0 Å². The van der Waals surface area contributed by atoms with Crippen LogP contribution < -0.4 is 15.4 Å². The highest BCUT2D eigenvalue weighted by Gasteiger charge is 2.10. The first-order chi connectivity index (χ1) is 12.2. The Morgan fingerprint density at radius 3 is 2.68 bits per heavy atom. The molecule has 1 saturated heterocycles. The highest BCUT2D eigenvalue weighted by molar-refractivity contribution is 5.79. The Morgan fingerprint density at radius 2 is 1.96 bits per heavy atom. The lowest BCUT2D eigenvalue weighted by Gasteiger charge is -2.19. The molecule has 1 aliphatic rings. The quantitative estimate of drug-likeness (QED) is 0.410. The van der Waals surface area contributed by atoms with Gasteiger partial charge in [0.2, 0.25) is 0 Å². The van der Waals surface area contributed by atoms with Gasteiger partial charge in [0.25, 0.3) is 0 Å². The van der Waals surface area contributed by atoms with Crippen LogP contribution in [0.15, 0.2) is 29.3 Å². The first-order valence-corrected chi connectivity index (χ1v) is 9.58. The van der Waals surface area contributed by atoms with Crippen LogP contribution in [0.4, 0.5) is 0 Å². The zero-order valence-corrected chi connectivity index (χ0v) is 16.1. The molecule has 25 heavy (non-hydrogen) atoms. The number of hydrogen-bond donors (Lipinski definition) is 2. The van der Waals surface area contributed by atoms with E-state index >= 15 is 0 Å². The van der Waals surface area contributed by atoms with Crippen molar-refractivity contribution in [1.29, 1.82) is 0 Å². The summed E-state index contributed by atoms with van der Waals surface area (Å²) in [5.74, 6) is 1.79. The van der Waals surface area contributed by atoms with Crippen LogP contribution >= 0.6 is 0 Å². The summed E-state index contributed by atoms with van der Waals surface area (Å²) in [7, 11) is 1.81. The van der Waals surface area contributed by atoms with E-state index in [2.05, 4.69) is 40.4 Å². The second kappa shape index (κ2) is 11.0. The van der Waals surface area contributed by atoms with Gasteiger partial charge < -0.3 is 20.3 Å². The van der Waals surface area contributed by atoms with Crippen molar-refractivity contribution in [2.24, 2.45) is 4.99 Å². The predicted molar refractivity (Wildman–Crippen MR) is 106 cm³/mol. The van der Waals surface area contributed by atoms with E-state index in [0.717, 1.165) is 30.4 Å². The van der Waals surface area contributed by atoms with E-state index in [1.165, 1.54) is 45.3 Å². The molecule has 0 aliphatic carbocycles. The van der Waals surface area contributed by atoms with E-state index in [1.54, 1.807) is 0 Å². The van der Waals surface area contributed by atoms with E-state index in [-0.39, 0.29) is 6.10 Å². The molecule has 0 aromatic heterocycles. The van der Waals surface area contributed by atoms with Gasteiger partial charge in [0, 0.05) is 13.6 Å². The van der Waals surface area contributed by atoms with Crippen molar-refractivity contribution in [3.63, 3.8) is 0 Å². The van der Waals surface area contributed by atoms with Crippen molar-refractivity contribution < 1.29 is 4.74 Å². The standard InChI is InChI=1S/C20H34N4O/c1-17-10-4-5-11-19(17)25-18(2)16-23-20(21-3)22-12-6-7-13-24-14-8-9-15-24/h4-5,10-11,18H,6-9,12-16H2,1-3H3,(H2,21,22,23). The van der Waals surface area contributed by atoms with E-state index < -0.39 is 0 Å². The van der Waals surface area contributed by atoms with Crippen molar-refractivity contribution in [2.45, 2.75) is 45.6 Å². The maximum Gasteiger partial charge on any atom is 0.191 e. The average Bonchev–Trinajstić information content (AvgIpc) is 3.13. The second-order valence-electron chi connectivity index (χ2n) is 6.83. The van der Waals surface area contributed by atoms with Crippen molar-refractivity contribution >= 4 is 5.96 Å². The maximum absolute atomic E-state index is 5.99. The van der Waals surface area contributed by atoms with Crippen LogP contribution in [-0.2, 0) is 0 Å². The number of unbranched alkanes of at least 4 members (excludes halogenated alkanes) is 1. The zero-order valence-electron chi connectivity index (χ0n) is 16.1. The molecule has 5 heteroatoms. The molecule has 0 amide bonds. The van der Waals surface area contributed by atoms with E-state index in [9.17, 15) is 0 Å². The van der Waals surface area contributed by atoms with Gasteiger partial charge in [0.1, 0.15) is 11.9 Å². The Morgan fingerprint density at radius 1 is 1.20 bits per heavy atom. The third-order valence-corrected chi connectivity index (χ3v) is 4.59. The summed E-state index contributed by atoms with van der Waals surface area (Å²) in [5, 5.41) is 6.73. The number of hydrogen-bond acceptors (Lipinski definition) is 3. The highest BCUT2D eigenvalue weighted by atomic mass is 16.5. The summed E-state index contributed by atoms with van der Waals surface area (Å²) in [4.78, 5) is 6.86. The molecule has 1 unspecified atom stereocenters. The van der Waals surface area contributed by atoms with Gasteiger partial charge in [-0.3, -0.25) is 4.99 Å². The number of benzene rings is 1. The summed E-state index contributed by atoms with van der Waals surface area (Å²) in [5.41, 5.74) is 1.16. The SMILES string of the molecule is CN=C(NCCCCN1CCCC1)NCC(C)Oc1ccccc1C. The minimum absolute atomic E-state index is 0.0785. The van der Waals surface area contributed by atoms with Crippen LogP contribution in [0, 0.1) is 6.92 Å². The third kappa shape index (κ3) is 7.34. The molecule has 5 nitrogen and oxygen atoms in total. The van der Waals surface area contributed by atoms with Crippen molar-refractivity contribution in [3.05, 3.63) is 29.8 Å². The average molecular weight is 347 g/mol. The smallest absolute Gasteiger partial charge is 0.191 e. The fraction of sp³-hybridized carbons (Fsp3) is 0.650. The molecule has 140 valence electrons. The van der Waals surface area contributed by atoms with Crippen molar-refractivity contribution in [2.75, 3.05) is 39.8 Å². The van der Waals surface area contributed by atoms with Crippen LogP contribution in [0.2, 0.25) is 0 Å². The molecule has 1 aliphatic heterocycles. The molecule has 1 atom stereocenters. The minimum atomic E-state index is 0.0785. The maximum atomic E-state index is 5.99. The van der Waals surface area contributed by atoms with Gasteiger partial charge in [-0.05, 0) is 70.8 Å². The fourth-order valence-electron chi connectivity index (χ4n) is 3.08. The first-order valence-electron chi connectivity index (χ1n) is 9.58. The lowest BCUT2D eigenvalue weighted by molar-refractivity contribution is 0.222. The lowest BCUT2D eigenvalue weighted by Crippen LogP contribution is -2.42. The summed E-state index contributed by atoms with van der Waals surface area (Å²) in [6, 6.07) is 8.11. The van der Waals surface area contributed by atoms with Gasteiger partial charge in [-0.25, -0.2) is 0 Å². The molecule has 2 N–H and O–H groups in total. The lowest BCUT2D eigenvalue weighted by atomic mass is 10.2. The third-order valence-electron chi connectivity index (χ3n) is 4.59. The van der Waals surface area contributed by atoms with Crippen LogP contribution in [0.25, 0.3) is 0 Å². The molecule has 1 fully saturated rings. The number of nitrogens with one attached hydrogen (secondary N) is 2. The molecule has 1 aromatic rings. The van der Waals surface area contributed by atoms with Gasteiger partial charge in [0.05, 0.1) is 6.54 Å². The summed E-state index contributed by atoms with van der Waals surface area (Å²) < 4.78 is 5.99. The van der Waals surface area contributed by atoms with E-state index in [0.29, 0.717) is 0 Å². The molecule has 0 spiro atoms. The number of aryl methyl sites for hydroxylation is 1. The normalized spacial score (nSPS) is 16.7. The van der Waals surface area contributed by atoms with Crippen LogP contribution in [-0.4, -0.2) is 56.7 Å². The van der Waals surface area contributed by atoms with Crippen LogP contribution in [0.5, 0.6) is 5.75 Å². The first kappa shape index (κ1) is 19.6. The Hall–Kier alpha value is -1.75. The molecule has 0 saturated carbocycles. The monoisotopic (exact) mass is 346 g/mol. The Kier molecular flexibility index (Phi) is 8.60. The van der Waals surface area contributed by atoms with E-state index in [1.807, 2.05) is 25.2 Å². The number of aliphatic imine (C=N–C) groups is 1. The topological polar surface area (TPSA) is 48.9 Å². The Labute approximate surface area is 152 Å². The fourth-order valence-corrected chi connectivity index (χ4v) is 3.08.